The molecule has 1 aliphatic carbocycles. The number of amides is 2. The molecule has 0 fully saturated rings. The lowest BCUT2D eigenvalue weighted by Gasteiger charge is -2.10. The molecule has 0 bridgehead atoms. The number of aromatic nitrogens is 3. The molecule has 0 atom stereocenters. The van der Waals surface area contributed by atoms with Crippen molar-refractivity contribution < 1.29 is 9.59 Å². The summed E-state index contributed by atoms with van der Waals surface area (Å²) >= 11 is 1.58. The van der Waals surface area contributed by atoms with Crippen molar-refractivity contribution in [3.8, 4) is 0 Å². The van der Waals surface area contributed by atoms with E-state index < -0.39 is 0 Å². The van der Waals surface area contributed by atoms with Crippen LogP contribution < -0.4 is 16.2 Å². The van der Waals surface area contributed by atoms with E-state index in [1.165, 1.54) is 15.8 Å². The fraction of sp³-hybridized carbons (Fsp3) is 0.350. The number of nitrogens with zero attached hydrogens (tertiary/aromatic N) is 3. The molecule has 0 saturated heterocycles. The molecule has 29 heavy (non-hydrogen) atoms. The van der Waals surface area contributed by atoms with Crippen molar-refractivity contribution in [3.05, 3.63) is 51.5 Å². The van der Waals surface area contributed by atoms with Gasteiger partial charge in [-0.3, -0.25) is 19.0 Å². The number of rotatable bonds is 6. The molecule has 0 aromatic carbocycles. The van der Waals surface area contributed by atoms with Gasteiger partial charge >= 0.3 is 0 Å². The molecule has 2 N–H and O–H groups in total. The van der Waals surface area contributed by atoms with E-state index in [4.69, 9.17) is 0 Å². The lowest BCUT2D eigenvalue weighted by molar-refractivity contribution is -0.121. The van der Waals surface area contributed by atoms with E-state index in [9.17, 15) is 14.4 Å². The zero-order valence-corrected chi connectivity index (χ0v) is 16.6. The fourth-order valence-electron chi connectivity index (χ4n) is 3.46. The third-order valence-electron chi connectivity index (χ3n) is 4.86. The van der Waals surface area contributed by atoms with Crippen molar-refractivity contribution in [1.29, 1.82) is 0 Å². The fourth-order valence-corrected chi connectivity index (χ4v) is 4.68. The van der Waals surface area contributed by atoms with Gasteiger partial charge in [-0.05, 0) is 43.4 Å². The molecule has 3 aromatic heterocycles. The van der Waals surface area contributed by atoms with Crippen LogP contribution in [0.4, 0.5) is 5.82 Å². The standard InChI is InChI=1S/C20H21N5O3S/c26-16(24-15-7-3-4-9-21-15)8-10-22-17(27)11-25-12-23-19-18(20(25)28)13-5-1-2-6-14(13)29-19/h3-4,7,9,12H,1-2,5-6,8,10-11H2,(H,22,27)(H,21,24,26). The van der Waals surface area contributed by atoms with Crippen LogP contribution in [0.5, 0.6) is 0 Å². The minimum absolute atomic E-state index is 0.117. The molecule has 0 saturated carbocycles. The number of carbonyl (C=O) groups excluding carboxylic acids is 2. The Bertz CT molecular complexity index is 1110. The van der Waals surface area contributed by atoms with Gasteiger partial charge in [0.25, 0.3) is 5.56 Å². The summed E-state index contributed by atoms with van der Waals surface area (Å²) in [6.07, 6.45) is 7.25. The maximum absolute atomic E-state index is 12.9. The Kier molecular flexibility index (Phi) is 5.66. The van der Waals surface area contributed by atoms with Crippen LogP contribution in [-0.2, 0) is 29.0 Å². The average molecular weight is 411 g/mol. The monoisotopic (exact) mass is 411 g/mol. The SMILES string of the molecule is O=C(Cn1cnc2sc3c(c2c1=O)CCCC3)NCCC(=O)Nc1ccccn1. The molecule has 0 unspecified atom stereocenters. The van der Waals surface area contributed by atoms with Crippen molar-refractivity contribution in [2.75, 3.05) is 11.9 Å². The Labute approximate surface area is 171 Å². The summed E-state index contributed by atoms with van der Waals surface area (Å²) in [5, 5.41) is 5.99. The first-order chi connectivity index (χ1) is 14.1. The van der Waals surface area contributed by atoms with E-state index in [0.717, 1.165) is 36.1 Å². The van der Waals surface area contributed by atoms with Crippen molar-refractivity contribution in [2.24, 2.45) is 0 Å². The minimum atomic E-state index is -0.331. The van der Waals surface area contributed by atoms with Crippen molar-refractivity contribution >= 4 is 39.2 Å². The molecule has 3 aromatic rings. The summed E-state index contributed by atoms with van der Waals surface area (Å²) in [7, 11) is 0. The van der Waals surface area contributed by atoms with E-state index in [-0.39, 0.29) is 36.9 Å². The Hall–Kier alpha value is -3.07. The van der Waals surface area contributed by atoms with Gasteiger partial charge in [-0.25, -0.2) is 9.97 Å². The van der Waals surface area contributed by atoms with Crippen molar-refractivity contribution in [2.45, 2.75) is 38.6 Å². The summed E-state index contributed by atoms with van der Waals surface area (Å²) in [6.45, 7) is 0.0595. The molecule has 0 aliphatic heterocycles. The van der Waals surface area contributed by atoms with Crippen LogP contribution in [0.15, 0.2) is 35.5 Å². The van der Waals surface area contributed by atoms with Gasteiger partial charge in [-0.15, -0.1) is 11.3 Å². The highest BCUT2D eigenvalue weighted by molar-refractivity contribution is 7.18. The molecule has 8 nitrogen and oxygen atoms in total. The number of hydrogen-bond acceptors (Lipinski definition) is 6. The highest BCUT2D eigenvalue weighted by atomic mass is 32.1. The molecule has 9 heteroatoms. The summed E-state index contributed by atoms with van der Waals surface area (Å²) in [5.41, 5.74) is 0.937. The van der Waals surface area contributed by atoms with Gasteiger partial charge in [-0.1, -0.05) is 6.07 Å². The molecular formula is C20H21N5O3S. The summed E-state index contributed by atoms with van der Waals surface area (Å²) in [5.74, 6) is -0.106. The quantitative estimate of drug-likeness (QED) is 0.644. The Morgan fingerprint density at radius 1 is 1.14 bits per heavy atom. The summed E-state index contributed by atoms with van der Waals surface area (Å²) in [6, 6.07) is 5.22. The van der Waals surface area contributed by atoms with Gasteiger partial charge < -0.3 is 10.6 Å². The molecular weight excluding hydrogens is 390 g/mol. The lowest BCUT2D eigenvalue weighted by atomic mass is 9.97. The van der Waals surface area contributed by atoms with E-state index >= 15 is 0 Å². The van der Waals surface area contributed by atoms with Crippen LogP contribution >= 0.6 is 11.3 Å². The van der Waals surface area contributed by atoms with Crippen LogP contribution in [0.2, 0.25) is 0 Å². The second-order valence-corrected chi connectivity index (χ2v) is 8.02. The highest BCUT2D eigenvalue weighted by Crippen LogP contribution is 2.33. The first-order valence-electron chi connectivity index (χ1n) is 9.59. The number of anilines is 1. The van der Waals surface area contributed by atoms with Gasteiger partial charge in [0.05, 0.1) is 11.7 Å². The summed E-state index contributed by atoms with van der Waals surface area (Å²) < 4.78 is 1.34. The van der Waals surface area contributed by atoms with Gasteiger partial charge in [0, 0.05) is 24.0 Å². The minimum Gasteiger partial charge on any atom is -0.354 e. The molecule has 0 spiro atoms. The Morgan fingerprint density at radius 3 is 2.83 bits per heavy atom. The van der Waals surface area contributed by atoms with Crippen LogP contribution in [0.3, 0.4) is 0 Å². The first-order valence-corrected chi connectivity index (χ1v) is 10.4. The van der Waals surface area contributed by atoms with Crippen LogP contribution in [0.1, 0.15) is 29.7 Å². The predicted octanol–water partition coefficient (Wildman–Crippen LogP) is 1.88. The largest absolute Gasteiger partial charge is 0.354 e. The average Bonchev–Trinajstić information content (AvgIpc) is 3.10. The molecule has 150 valence electrons. The van der Waals surface area contributed by atoms with Crippen molar-refractivity contribution in [3.63, 3.8) is 0 Å². The molecule has 3 heterocycles. The number of carbonyl (C=O) groups is 2. The second-order valence-electron chi connectivity index (χ2n) is 6.93. The van der Waals surface area contributed by atoms with Crippen molar-refractivity contribution in [1.82, 2.24) is 19.9 Å². The maximum atomic E-state index is 12.9. The molecule has 4 rings (SSSR count). The second kappa shape index (κ2) is 8.52. The maximum Gasteiger partial charge on any atom is 0.262 e. The Balaban J connectivity index is 1.35. The van der Waals surface area contributed by atoms with Crippen LogP contribution in [-0.4, -0.2) is 32.9 Å². The number of pyridine rings is 1. The zero-order chi connectivity index (χ0) is 20.2. The van der Waals surface area contributed by atoms with E-state index in [1.54, 1.807) is 35.7 Å². The third kappa shape index (κ3) is 4.34. The molecule has 0 radical (unpaired) electrons. The number of hydrogen-bond donors (Lipinski definition) is 2. The van der Waals surface area contributed by atoms with E-state index in [1.807, 2.05) is 0 Å². The lowest BCUT2D eigenvalue weighted by Crippen LogP contribution is -2.34. The van der Waals surface area contributed by atoms with Crippen LogP contribution in [0.25, 0.3) is 10.2 Å². The summed E-state index contributed by atoms with van der Waals surface area (Å²) in [4.78, 5) is 47.4. The third-order valence-corrected chi connectivity index (χ3v) is 6.06. The zero-order valence-electron chi connectivity index (χ0n) is 15.8. The van der Waals surface area contributed by atoms with Gasteiger partial charge in [0.2, 0.25) is 11.8 Å². The van der Waals surface area contributed by atoms with Gasteiger partial charge in [0.1, 0.15) is 17.2 Å². The smallest absolute Gasteiger partial charge is 0.262 e. The topological polar surface area (TPSA) is 106 Å². The predicted molar refractivity (Wildman–Crippen MR) is 111 cm³/mol. The highest BCUT2D eigenvalue weighted by Gasteiger charge is 2.20. The molecule has 2 amide bonds. The normalized spacial score (nSPS) is 13.1. The number of thiophene rings is 1. The first kappa shape index (κ1) is 19.3. The van der Waals surface area contributed by atoms with E-state index in [0.29, 0.717) is 11.2 Å². The molecule has 1 aliphatic rings. The number of fused-ring (bicyclic) bond motifs is 3. The Morgan fingerprint density at radius 2 is 2.00 bits per heavy atom. The van der Waals surface area contributed by atoms with Gasteiger partial charge in [-0.2, -0.15) is 0 Å². The van der Waals surface area contributed by atoms with E-state index in [2.05, 4.69) is 20.6 Å². The van der Waals surface area contributed by atoms with Gasteiger partial charge in [0.15, 0.2) is 0 Å². The van der Waals surface area contributed by atoms with Crippen LogP contribution in [0, 0.1) is 0 Å². The number of nitrogens with one attached hydrogen (secondary N) is 2. The number of aryl methyl sites for hydroxylation is 2.